The maximum absolute atomic E-state index is 12.7. The first kappa shape index (κ1) is 24.5. The van der Waals surface area contributed by atoms with Crippen molar-refractivity contribution in [2.75, 3.05) is 27.3 Å². The molecule has 156 valence electrons. The Morgan fingerprint density at radius 2 is 1.96 bits per heavy atom. The van der Waals surface area contributed by atoms with Gasteiger partial charge in [0, 0.05) is 18.2 Å². The number of thiazole rings is 1. The number of carbonyl (C=O) groups excluding carboxylic acids is 1. The van der Waals surface area contributed by atoms with Crippen LogP contribution in [0.2, 0.25) is 0 Å². The van der Waals surface area contributed by atoms with E-state index >= 15 is 0 Å². The number of hydrogen-bond acceptors (Lipinski definition) is 6. The number of piperidine rings is 1. The van der Waals surface area contributed by atoms with Gasteiger partial charge in [0.25, 0.3) is 5.91 Å². The SMILES string of the molecule is COc1ccc(-c2nc(C)c(C(=O)NC3CNCCC3C)s2)cc1OC.Cl.Cl. The monoisotopic (exact) mass is 447 g/mol. The molecule has 3 rings (SSSR count). The number of rotatable bonds is 5. The number of amides is 1. The normalized spacial score (nSPS) is 18.4. The van der Waals surface area contributed by atoms with Crippen molar-refractivity contribution in [1.29, 1.82) is 0 Å². The quantitative estimate of drug-likeness (QED) is 0.730. The van der Waals surface area contributed by atoms with Gasteiger partial charge in [0.15, 0.2) is 11.5 Å². The summed E-state index contributed by atoms with van der Waals surface area (Å²) < 4.78 is 10.6. The van der Waals surface area contributed by atoms with Gasteiger partial charge >= 0.3 is 0 Å². The fourth-order valence-corrected chi connectivity index (χ4v) is 4.08. The Hall–Kier alpha value is -1.54. The van der Waals surface area contributed by atoms with E-state index in [0.29, 0.717) is 22.3 Å². The average molecular weight is 448 g/mol. The van der Waals surface area contributed by atoms with Crippen LogP contribution in [0.4, 0.5) is 0 Å². The number of benzene rings is 1. The Labute approximate surface area is 182 Å². The van der Waals surface area contributed by atoms with Gasteiger partial charge in [-0.2, -0.15) is 0 Å². The minimum Gasteiger partial charge on any atom is -0.493 e. The van der Waals surface area contributed by atoms with Crippen molar-refractivity contribution in [2.24, 2.45) is 5.92 Å². The molecule has 6 nitrogen and oxygen atoms in total. The van der Waals surface area contributed by atoms with Crippen LogP contribution in [0.25, 0.3) is 10.6 Å². The minimum atomic E-state index is -0.0488. The molecule has 0 bridgehead atoms. The molecule has 1 saturated heterocycles. The third-order valence-electron chi connectivity index (χ3n) is 4.78. The molecule has 0 aliphatic carbocycles. The van der Waals surface area contributed by atoms with Gasteiger partial charge in [0.2, 0.25) is 0 Å². The first-order valence-electron chi connectivity index (χ1n) is 8.75. The van der Waals surface area contributed by atoms with Gasteiger partial charge in [-0.3, -0.25) is 4.79 Å². The van der Waals surface area contributed by atoms with Crippen molar-refractivity contribution >= 4 is 42.1 Å². The molecule has 2 heterocycles. The average Bonchev–Trinajstić information content (AvgIpc) is 3.04. The molecular weight excluding hydrogens is 421 g/mol. The van der Waals surface area contributed by atoms with Crippen LogP contribution in [-0.2, 0) is 0 Å². The lowest BCUT2D eigenvalue weighted by Gasteiger charge is -2.30. The van der Waals surface area contributed by atoms with Gasteiger partial charge < -0.3 is 20.1 Å². The van der Waals surface area contributed by atoms with Crippen LogP contribution in [0.1, 0.15) is 28.7 Å². The first-order chi connectivity index (χ1) is 12.5. The number of methoxy groups -OCH3 is 2. The highest BCUT2D eigenvalue weighted by Gasteiger charge is 2.25. The van der Waals surface area contributed by atoms with Gasteiger partial charge in [-0.05, 0) is 44.0 Å². The number of hydrogen-bond donors (Lipinski definition) is 2. The van der Waals surface area contributed by atoms with E-state index in [1.54, 1.807) is 14.2 Å². The second-order valence-electron chi connectivity index (χ2n) is 6.55. The van der Waals surface area contributed by atoms with Gasteiger partial charge in [0.1, 0.15) is 9.88 Å². The van der Waals surface area contributed by atoms with Crippen LogP contribution in [0, 0.1) is 12.8 Å². The molecule has 1 fully saturated rings. The Balaban J connectivity index is 0.00000196. The Morgan fingerprint density at radius 3 is 2.61 bits per heavy atom. The first-order valence-corrected chi connectivity index (χ1v) is 9.56. The van der Waals surface area contributed by atoms with E-state index in [2.05, 4.69) is 22.5 Å². The lowest BCUT2D eigenvalue weighted by atomic mass is 9.95. The summed E-state index contributed by atoms with van der Waals surface area (Å²) in [6.07, 6.45) is 1.07. The number of halogens is 2. The van der Waals surface area contributed by atoms with Crippen molar-refractivity contribution < 1.29 is 14.3 Å². The molecular formula is C19H27Cl2N3O3S. The summed E-state index contributed by atoms with van der Waals surface area (Å²) in [6, 6.07) is 5.81. The van der Waals surface area contributed by atoms with Crippen molar-refractivity contribution in [1.82, 2.24) is 15.6 Å². The molecule has 9 heteroatoms. The molecule has 1 aromatic carbocycles. The van der Waals surface area contributed by atoms with Gasteiger partial charge in [-0.15, -0.1) is 36.2 Å². The van der Waals surface area contributed by atoms with Gasteiger partial charge in [-0.25, -0.2) is 4.98 Å². The number of aryl methyl sites for hydroxylation is 1. The molecule has 1 aliphatic heterocycles. The molecule has 0 spiro atoms. The third-order valence-corrected chi connectivity index (χ3v) is 5.98. The summed E-state index contributed by atoms with van der Waals surface area (Å²) in [5.74, 6) is 1.73. The van der Waals surface area contributed by atoms with Crippen LogP contribution < -0.4 is 20.1 Å². The van der Waals surface area contributed by atoms with Crippen molar-refractivity contribution in [3.8, 4) is 22.1 Å². The van der Waals surface area contributed by atoms with Crippen LogP contribution in [-0.4, -0.2) is 44.2 Å². The molecule has 1 amide bonds. The zero-order chi connectivity index (χ0) is 18.7. The lowest BCUT2D eigenvalue weighted by molar-refractivity contribution is 0.0918. The third kappa shape index (κ3) is 5.29. The second kappa shape index (κ2) is 10.9. The predicted molar refractivity (Wildman–Crippen MR) is 118 cm³/mol. The molecule has 2 aromatic rings. The molecule has 28 heavy (non-hydrogen) atoms. The number of nitrogens with one attached hydrogen (secondary N) is 2. The molecule has 0 radical (unpaired) electrons. The summed E-state index contributed by atoms with van der Waals surface area (Å²) in [7, 11) is 3.21. The second-order valence-corrected chi connectivity index (χ2v) is 7.55. The van der Waals surface area contributed by atoms with Gasteiger partial charge in [0.05, 0.1) is 19.9 Å². The minimum absolute atomic E-state index is 0. The molecule has 2 atom stereocenters. The fourth-order valence-electron chi connectivity index (χ4n) is 3.12. The zero-order valence-electron chi connectivity index (χ0n) is 16.4. The van der Waals surface area contributed by atoms with E-state index in [1.807, 2.05) is 25.1 Å². The highest BCUT2D eigenvalue weighted by molar-refractivity contribution is 7.17. The van der Waals surface area contributed by atoms with Crippen LogP contribution >= 0.6 is 36.2 Å². The predicted octanol–water partition coefficient (Wildman–Crippen LogP) is 3.71. The molecule has 1 aromatic heterocycles. The molecule has 2 N–H and O–H groups in total. The van der Waals surface area contributed by atoms with Crippen molar-refractivity contribution in [3.05, 3.63) is 28.8 Å². The van der Waals surface area contributed by atoms with Crippen LogP contribution in [0.3, 0.4) is 0 Å². The summed E-state index contributed by atoms with van der Waals surface area (Å²) in [4.78, 5) is 18.0. The molecule has 0 saturated carbocycles. The van der Waals surface area contributed by atoms with Crippen molar-refractivity contribution in [3.63, 3.8) is 0 Å². The highest BCUT2D eigenvalue weighted by atomic mass is 35.5. The molecule has 1 aliphatic rings. The Kier molecular flexibility index (Phi) is 9.50. The summed E-state index contributed by atoms with van der Waals surface area (Å²) >= 11 is 1.40. The van der Waals surface area contributed by atoms with Gasteiger partial charge in [-0.1, -0.05) is 6.92 Å². The fraction of sp³-hybridized carbons (Fsp3) is 0.474. The summed E-state index contributed by atoms with van der Waals surface area (Å²) in [6.45, 7) is 5.88. The topological polar surface area (TPSA) is 72.5 Å². The van der Waals surface area contributed by atoms with E-state index in [1.165, 1.54) is 11.3 Å². The number of ether oxygens (including phenoxy) is 2. The highest BCUT2D eigenvalue weighted by Crippen LogP contribution is 2.35. The molecule has 2 unspecified atom stereocenters. The van der Waals surface area contributed by atoms with E-state index in [4.69, 9.17) is 9.47 Å². The van der Waals surface area contributed by atoms with Crippen molar-refractivity contribution in [2.45, 2.75) is 26.3 Å². The number of carbonyl (C=O) groups is 1. The summed E-state index contributed by atoms with van der Waals surface area (Å²) in [5.41, 5.74) is 1.65. The zero-order valence-corrected chi connectivity index (χ0v) is 18.9. The maximum atomic E-state index is 12.7. The Morgan fingerprint density at radius 1 is 1.25 bits per heavy atom. The van der Waals surface area contributed by atoms with E-state index < -0.39 is 0 Å². The van der Waals surface area contributed by atoms with E-state index in [-0.39, 0.29) is 36.8 Å². The summed E-state index contributed by atoms with van der Waals surface area (Å²) in [5, 5.41) is 7.29. The van der Waals surface area contributed by atoms with Crippen LogP contribution in [0.5, 0.6) is 11.5 Å². The maximum Gasteiger partial charge on any atom is 0.263 e. The standard InChI is InChI=1S/C19H25N3O3S.2ClH/c1-11-7-8-20-10-14(11)22-18(23)17-12(2)21-19(26-17)13-5-6-15(24-3)16(9-13)25-4;;/h5-6,9,11,14,20H,7-8,10H2,1-4H3,(H,22,23);2*1H. The smallest absolute Gasteiger partial charge is 0.263 e. The largest absolute Gasteiger partial charge is 0.493 e. The Bertz CT molecular complexity index is 801. The van der Waals surface area contributed by atoms with E-state index in [0.717, 1.165) is 35.8 Å². The number of nitrogens with zero attached hydrogens (tertiary/aromatic N) is 1. The lowest BCUT2D eigenvalue weighted by Crippen LogP contribution is -2.50. The number of aromatic nitrogens is 1. The van der Waals surface area contributed by atoms with E-state index in [9.17, 15) is 4.79 Å². The van der Waals surface area contributed by atoms with Crippen LogP contribution in [0.15, 0.2) is 18.2 Å².